The van der Waals surface area contributed by atoms with Gasteiger partial charge in [0.05, 0.1) is 12.2 Å². The minimum atomic E-state index is -0.146. The van der Waals surface area contributed by atoms with Crippen molar-refractivity contribution < 1.29 is 20.1 Å². The molecule has 16 heavy (non-hydrogen) atoms. The Hall–Kier alpha value is -1.42. The molecule has 0 aliphatic carbocycles. The highest BCUT2D eigenvalue weighted by Crippen LogP contribution is 2.23. The van der Waals surface area contributed by atoms with Crippen molar-refractivity contribution in [3.8, 4) is 17.2 Å². The standard InChI is InChI=1S/C6H6O3.C6H14O/c7-4-1-5(8)3-6(9)2-4;1-5(2)7-6(3)4/h1-3,7-9H;5-6H,1-4H3. The van der Waals surface area contributed by atoms with E-state index < -0.39 is 0 Å². The van der Waals surface area contributed by atoms with Gasteiger partial charge in [0.25, 0.3) is 0 Å². The maximum absolute atomic E-state index is 8.67. The van der Waals surface area contributed by atoms with Crippen molar-refractivity contribution in [2.75, 3.05) is 0 Å². The van der Waals surface area contributed by atoms with E-state index in [0.29, 0.717) is 12.2 Å². The molecule has 3 N–H and O–H groups in total. The van der Waals surface area contributed by atoms with Crippen LogP contribution in [0.2, 0.25) is 0 Å². The van der Waals surface area contributed by atoms with Crippen LogP contribution in [0, 0.1) is 0 Å². The van der Waals surface area contributed by atoms with Gasteiger partial charge in [0, 0.05) is 18.2 Å². The third kappa shape index (κ3) is 7.94. The predicted molar refractivity (Wildman–Crippen MR) is 62.8 cm³/mol. The van der Waals surface area contributed by atoms with Crippen molar-refractivity contribution in [3.63, 3.8) is 0 Å². The molecular formula is C12H20O4. The summed E-state index contributed by atoms with van der Waals surface area (Å²) in [4.78, 5) is 0. The van der Waals surface area contributed by atoms with Crippen LogP contribution in [-0.2, 0) is 4.74 Å². The van der Waals surface area contributed by atoms with Crippen molar-refractivity contribution in [3.05, 3.63) is 18.2 Å². The van der Waals surface area contributed by atoms with E-state index in [4.69, 9.17) is 20.1 Å². The van der Waals surface area contributed by atoms with Crippen LogP contribution in [0.25, 0.3) is 0 Å². The summed E-state index contributed by atoms with van der Waals surface area (Å²) < 4.78 is 5.25. The zero-order valence-corrected chi connectivity index (χ0v) is 10.1. The summed E-state index contributed by atoms with van der Waals surface area (Å²) in [6.45, 7) is 8.17. The van der Waals surface area contributed by atoms with E-state index in [1.165, 1.54) is 0 Å². The third-order valence-electron chi connectivity index (χ3n) is 1.43. The maximum Gasteiger partial charge on any atom is 0.122 e. The number of aromatic hydroxyl groups is 3. The summed E-state index contributed by atoms with van der Waals surface area (Å²) in [7, 11) is 0. The highest BCUT2D eigenvalue weighted by molar-refractivity contribution is 5.39. The number of ether oxygens (including phenoxy) is 1. The van der Waals surface area contributed by atoms with Crippen molar-refractivity contribution in [1.29, 1.82) is 0 Å². The first-order chi connectivity index (χ1) is 7.31. The summed E-state index contributed by atoms with van der Waals surface area (Å²) in [5, 5.41) is 26.0. The van der Waals surface area contributed by atoms with Gasteiger partial charge in [-0.2, -0.15) is 0 Å². The smallest absolute Gasteiger partial charge is 0.122 e. The van der Waals surface area contributed by atoms with Gasteiger partial charge in [-0.3, -0.25) is 0 Å². The van der Waals surface area contributed by atoms with E-state index in [9.17, 15) is 0 Å². The molecule has 0 aliphatic rings. The Balaban J connectivity index is 0.000000293. The number of rotatable bonds is 2. The number of benzene rings is 1. The fourth-order valence-corrected chi connectivity index (χ4v) is 1.12. The van der Waals surface area contributed by atoms with Crippen LogP contribution in [0.5, 0.6) is 17.2 Å². The summed E-state index contributed by atoms with van der Waals surface area (Å²) in [6, 6.07) is 3.42. The SMILES string of the molecule is CC(C)OC(C)C.Oc1cc(O)cc(O)c1. The molecule has 0 spiro atoms. The lowest BCUT2D eigenvalue weighted by atomic mass is 10.3. The second-order valence-corrected chi connectivity index (χ2v) is 3.94. The molecule has 4 heteroatoms. The van der Waals surface area contributed by atoms with E-state index in [1.54, 1.807) is 0 Å². The Morgan fingerprint density at radius 3 is 1.12 bits per heavy atom. The fraction of sp³-hybridized carbons (Fsp3) is 0.500. The molecule has 4 nitrogen and oxygen atoms in total. The molecule has 1 rings (SSSR count). The Kier molecular flexibility index (Phi) is 6.34. The molecule has 0 heterocycles. The number of hydrogen-bond acceptors (Lipinski definition) is 4. The summed E-state index contributed by atoms with van der Waals surface area (Å²) >= 11 is 0. The number of hydrogen-bond donors (Lipinski definition) is 3. The lowest BCUT2D eigenvalue weighted by molar-refractivity contribution is 0.0300. The van der Waals surface area contributed by atoms with E-state index >= 15 is 0 Å². The van der Waals surface area contributed by atoms with E-state index in [1.807, 2.05) is 27.7 Å². The van der Waals surface area contributed by atoms with Crippen LogP contribution in [-0.4, -0.2) is 27.5 Å². The van der Waals surface area contributed by atoms with Gasteiger partial charge in [-0.1, -0.05) is 0 Å². The van der Waals surface area contributed by atoms with Gasteiger partial charge in [0.2, 0.25) is 0 Å². The lowest BCUT2D eigenvalue weighted by Crippen LogP contribution is -2.09. The van der Waals surface area contributed by atoms with Crippen LogP contribution in [0.15, 0.2) is 18.2 Å². The fourth-order valence-electron chi connectivity index (χ4n) is 1.12. The van der Waals surface area contributed by atoms with Crippen molar-refractivity contribution in [1.82, 2.24) is 0 Å². The van der Waals surface area contributed by atoms with Crippen LogP contribution in [0.1, 0.15) is 27.7 Å². The van der Waals surface area contributed by atoms with Gasteiger partial charge >= 0.3 is 0 Å². The van der Waals surface area contributed by atoms with Gasteiger partial charge in [0.1, 0.15) is 17.2 Å². The van der Waals surface area contributed by atoms with Crippen LogP contribution in [0.4, 0.5) is 0 Å². The summed E-state index contributed by atoms with van der Waals surface area (Å²) in [5.41, 5.74) is 0. The molecule has 0 aromatic heterocycles. The molecule has 0 unspecified atom stereocenters. The first kappa shape index (κ1) is 14.6. The molecule has 0 fully saturated rings. The average molecular weight is 228 g/mol. The van der Waals surface area contributed by atoms with E-state index in [-0.39, 0.29) is 17.2 Å². The second-order valence-electron chi connectivity index (χ2n) is 3.94. The van der Waals surface area contributed by atoms with Crippen molar-refractivity contribution in [2.24, 2.45) is 0 Å². The number of phenols is 3. The minimum Gasteiger partial charge on any atom is -0.508 e. The molecule has 1 aromatic rings. The lowest BCUT2D eigenvalue weighted by Gasteiger charge is -2.09. The van der Waals surface area contributed by atoms with Crippen LogP contribution >= 0.6 is 0 Å². The first-order valence-corrected chi connectivity index (χ1v) is 5.18. The molecule has 92 valence electrons. The third-order valence-corrected chi connectivity index (χ3v) is 1.43. The maximum atomic E-state index is 8.67. The topological polar surface area (TPSA) is 69.9 Å². The minimum absolute atomic E-state index is 0.146. The van der Waals surface area contributed by atoms with Gasteiger partial charge in [-0.05, 0) is 27.7 Å². The Labute approximate surface area is 96.1 Å². The van der Waals surface area contributed by atoms with Crippen LogP contribution < -0.4 is 0 Å². The van der Waals surface area contributed by atoms with Gasteiger partial charge < -0.3 is 20.1 Å². The average Bonchev–Trinajstić information content (AvgIpc) is 1.97. The molecule has 0 radical (unpaired) electrons. The van der Waals surface area contributed by atoms with Gasteiger partial charge in [-0.25, -0.2) is 0 Å². The zero-order valence-electron chi connectivity index (χ0n) is 10.1. The van der Waals surface area contributed by atoms with Crippen molar-refractivity contribution >= 4 is 0 Å². The predicted octanol–water partition coefficient (Wildman–Crippen LogP) is 2.62. The molecule has 0 saturated heterocycles. The highest BCUT2D eigenvalue weighted by Gasteiger charge is 1.94. The molecule has 0 saturated carbocycles. The van der Waals surface area contributed by atoms with Gasteiger partial charge in [0.15, 0.2) is 0 Å². The Bertz CT molecular complexity index is 251. The molecule has 1 aromatic carbocycles. The molecule has 0 atom stereocenters. The molecular weight excluding hydrogens is 208 g/mol. The summed E-state index contributed by atoms with van der Waals surface area (Å²) in [5.74, 6) is -0.437. The monoisotopic (exact) mass is 228 g/mol. The van der Waals surface area contributed by atoms with E-state index in [0.717, 1.165) is 18.2 Å². The summed E-state index contributed by atoms with van der Waals surface area (Å²) in [6.07, 6.45) is 0.750. The van der Waals surface area contributed by atoms with E-state index in [2.05, 4.69) is 0 Å². The highest BCUT2D eigenvalue weighted by atomic mass is 16.5. The second kappa shape index (κ2) is 6.95. The Morgan fingerprint density at radius 2 is 1.00 bits per heavy atom. The molecule has 0 bridgehead atoms. The van der Waals surface area contributed by atoms with Crippen molar-refractivity contribution in [2.45, 2.75) is 39.9 Å². The Morgan fingerprint density at radius 1 is 0.750 bits per heavy atom. The van der Waals surface area contributed by atoms with Gasteiger partial charge in [-0.15, -0.1) is 0 Å². The quantitative estimate of drug-likeness (QED) is 0.727. The zero-order chi connectivity index (χ0) is 12.7. The number of phenolic OH excluding ortho intramolecular Hbond substituents is 3. The normalized spacial score (nSPS) is 10.1. The first-order valence-electron chi connectivity index (χ1n) is 5.18. The van der Waals surface area contributed by atoms with Crippen LogP contribution in [0.3, 0.4) is 0 Å². The molecule has 0 aliphatic heterocycles. The largest absolute Gasteiger partial charge is 0.508 e. The molecule has 0 amide bonds.